The predicted octanol–water partition coefficient (Wildman–Crippen LogP) is 6.70. The van der Waals surface area contributed by atoms with Crippen LogP contribution in [-0.4, -0.2) is 14.5 Å². The van der Waals surface area contributed by atoms with Crippen LogP contribution in [0, 0.1) is 5.92 Å². The average molecular weight is 515 g/mol. The first-order chi connectivity index (χ1) is 18.1. The first-order valence-corrected chi connectivity index (χ1v) is 14.9. The molecule has 6 heteroatoms. The highest BCUT2D eigenvalue weighted by molar-refractivity contribution is 7.89. The smallest absolute Gasteiger partial charge is 0.240 e. The zero-order valence-electron chi connectivity index (χ0n) is 21.0. The Hall–Kier alpha value is -3.09. The summed E-state index contributed by atoms with van der Waals surface area (Å²) in [4.78, 5) is 0.364. The van der Waals surface area contributed by atoms with Crippen molar-refractivity contribution in [3.05, 3.63) is 102 Å². The molecule has 2 aliphatic carbocycles. The van der Waals surface area contributed by atoms with Gasteiger partial charge in [-0.1, -0.05) is 79.9 Å². The van der Waals surface area contributed by atoms with E-state index in [0.717, 1.165) is 60.2 Å². The van der Waals surface area contributed by atoms with Gasteiger partial charge < -0.3 is 10.1 Å². The quantitative estimate of drug-likeness (QED) is 0.344. The van der Waals surface area contributed by atoms with E-state index in [1.807, 2.05) is 42.5 Å². The van der Waals surface area contributed by atoms with Gasteiger partial charge in [0.1, 0.15) is 12.4 Å². The molecule has 5 nitrogen and oxygen atoms in total. The molecule has 1 aliphatic heterocycles. The van der Waals surface area contributed by atoms with Crippen LogP contribution in [0.25, 0.3) is 0 Å². The molecule has 0 radical (unpaired) electrons. The normalized spacial score (nSPS) is 23.2. The minimum absolute atomic E-state index is 0.0452. The van der Waals surface area contributed by atoms with Gasteiger partial charge in [-0.2, -0.15) is 0 Å². The number of benzene rings is 3. The predicted molar refractivity (Wildman–Crippen MR) is 147 cm³/mol. The Morgan fingerprint density at radius 2 is 1.68 bits per heavy atom. The van der Waals surface area contributed by atoms with Crippen LogP contribution in [0.2, 0.25) is 0 Å². The van der Waals surface area contributed by atoms with Gasteiger partial charge in [0.2, 0.25) is 10.0 Å². The van der Waals surface area contributed by atoms with Crippen molar-refractivity contribution < 1.29 is 13.2 Å². The number of para-hydroxylation sites is 1. The van der Waals surface area contributed by atoms with Crippen molar-refractivity contribution in [1.82, 2.24) is 4.72 Å². The monoisotopic (exact) mass is 514 g/mol. The summed E-state index contributed by atoms with van der Waals surface area (Å²) in [6.07, 6.45) is 10.6. The maximum absolute atomic E-state index is 13.2. The molecule has 3 aromatic carbocycles. The van der Waals surface area contributed by atoms with Crippen LogP contribution < -0.4 is 14.8 Å². The van der Waals surface area contributed by atoms with Crippen molar-refractivity contribution in [2.45, 2.75) is 68.0 Å². The third-order valence-corrected chi connectivity index (χ3v) is 9.58. The van der Waals surface area contributed by atoms with Crippen molar-refractivity contribution in [3.63, 3.8) is 0 Å². The summed E-state index contributed by atoms with van der Waals surface area (Å²) in [5.74, 6) is 1.33. The largest absolute Gasteiger partial charge is 0.489 e. The Morgan fingerprint density at radius 3 is 2.51 bits per heavy atom. The third kappa shape index (κ3) is 5.05. The van der Waals surface area contributed by atoms with E-state index in [-0.39, 0.29) is 18.0 Å². The van der Waals surface area contributed by atoms with Crippen LogP contribution in [0.5, 0.6) is 5.75 Å². The molecule has 0 saturated heterocycles. The van der Waals surface area contributed by atoms with E-state index in [0.29, 0.717) is 17.4 Å². The summed E-state index contributed by atoms with van der Waals surface area (Å²) in [7, 11) is -3.55. The van der Waals surface area contributed by atoms with E-state index < -0.39 is 10.0 Å². The van der Waals surface area contributed by atoms with Gasteiger partial charge >= 0.3 is 0 Å². The van der Waals surface area contributed by atoms with Gasteiger partial charge in [0.15, 0.2) is 0 Å². The molecule has 0 bridgehead atoms. The number of anilines is 1. The lowest BCUT2D eigenvalue weighted by atomic mass is 9.77. The van der Waals surface area contributed by atoms with Gasteiger partial charge in [-0.3, -0.25) is 0 Å². The van der Waals surface area contributed by atoms with Crippen molar-refractivity contribution in [3.8, 4) is 5.75 Å². The van der Waals surface area contributed by atoms with Crippen LogP contribution in [0.1, 0.15) is 67.2 Å². The third-order valence-electron chi connectivity index (χ3n) is 8.06. The lowest BCUT2D eigenvalue weighted by molar-refractivity contribution is 0.296. The van der Waals surface area contributed by atoms with Crippen molar-refractivity contribution in [2.24, 2.45) is 5.92 Å². The van der Waals surface area contributed by atoms with E-state index in [1.54, 1.807) is 6.07 Å². The first kappa shape index (κ1) is 24.3. The average Bonchev–Trinajstić information content (AvgIpc) is 3.43. The molecule has 3 atom stereocenters. The summed E-state index contributed by atoms with van der Waals surface area (Å²) in [6.45, 7) is 0.517. The summed E-state index contributed by atoms with van der Waals surface area (Å²) in [5, 5.41) is 3.75. The number of ether oxygens (including phenoxy) is 1. The number of nitrogens with one attached hydrogen (secondary N) is 2. The molecule has 1 heterocycles. The maximum Gasteiger partial charge on any atom is 0.240 e. The summed E-state index contributed by atoms with van der Waals surface area (Å²) >= 11 is 0. The molecule has 2 N–H and O–H groups in total. The molecule has 3 aromatic rings. The van der Waals surface area contributed by atoms with Crippen LogP contribution in [0.3, 0.4) is 0 Å². The van der Waals surface area contributed by atoms with Crippen LogP contribution in [-0.2, 0) is 16.6 Å². The molecule has 37 heavy (non-hydrogen) atoms. The molecule has 3 aliphatic rings. The molecule has 0 spiro atoms. The molecule has 3 unspecified atom stereocenters. The number of rotatable bonds is 7. The molecular formula is C31H34N2O3S. The zero-order valence-corrected chi connectivity index (χ0v) is 21.8. The summed E-state index contributed by atoms with van der Waals surface area (Å²) in [5.41, 5.74) is 4.32. The fourth-order valence-corrected chi connectivity index (χ4v) is 7.50. The molecule has 0 amide bonds. The van der Waals surface area contributed by atoms with Crippen LogP contribution in [0.4, 0.5) is 5.69 Å². The molecule has 0 aromatic heterocycles. The minimum Gasteiger partial charge on any atom is -0.489 e. The Labute approximate surface area is 220 Å². The van der Waals surface area contributed by atoms with Gasteiger partial charge in [0.25, 0.3) is 0 Å². The van der Waals surface area contributed by atoms with E-state index in [2.05, 4.69) is 46.5 Å². The van der Waals surface area contributed by atoms with E-state index in [1.165, 1.54) is 6.42 Å². The van der Waals surface area contributed by atoms with Gasteiger partial charge in [0, 0.05) is 23.2 Å². The fraction of sp³-hybridized carbons (Fsp3) is 0.355. The van der Waals surface area contributed by atoms with Crippen LogP contribution in [0.15, 0.2) is 89.8 Å². The Kier molecular flexibility index (Phi) is 6.78. The second kappa shape index (κ2) is 10.3. The highest BCUT2D eigenvalue weighted by Crippen LogP contribution is 2.51. The van der Waals surface area contributed by atoms with Crippen LogP contribution >= 0.6 is 0 Å². The first-order valence-electron chi connectivity index (χ1n) is 13.4. The summed E-state index contributed by atoms with van der Waals surface area (Å²) in [6, 6.07) is 24.1. The Bertz CT molecular complexity index is 1380. The highest BCUT2D eigenvalue weighted by atomic mass is 32.2. The molecule has 6 rings (SSSR count). The van der Waals surface area contributed by atoms with E-state index in [9.17, 15) is 8.42 Å². The van der Waals surface area contributed by atoms with E-state index >= 15 is 0 Å². The molecule has 1 saturated carbocycles. The Morgan fingerprint density at radius 1 is 0.892 bits per heavy atom. The lowest BCUT2D eigenvalue weighted by Gasteiger charge is -2.38. The number of hydrogen-bond donors (Lipinski definition) is 2. The minimum atomic E-state index is -3.55. The lowest BCUT2D eigenvalue weighted by Crippen LogP contribution is -2.36. The second-order valence-electron chi connectivity index (χ2n) is 10.5. The van der Waals surface area contributed by atoms with Crippen molar-refractivity contribution in [2.75, 3.05) is 5.32 Å². The van der Waals surface area contributed by atoms with E-state index in [4.69, 9.17) is 4.74 Å². The SMILES string of the molecule is O=S(=O)(NC1CCCCC1)c1ccc2c(c1)C1C=CCC1C(c1ccccc1OCc1ccccc1)N2. The van der Waals surface area contributed by atoms with Crippen molar-refractivity contribution in [1.29, 1.82) is 0 Å². The number of hydrogen-bond acceptors (Lipinski definition) is 4. The van der Waals surface area contributed by atoms with Gasteiger partial charge in [-0.25, -0.2) is 13.1 Å². The number of sulfonamides is 1. The van der Waals surface area contributed by atoms with Crippen molar-refractivity contribution >= 4 is 15.7 Å². The number of fused-ring (bicyclic) bond motifs is 3. The zero-order chi connectivity index (χ0) is 25.2. The molecule has 1 fully saturated rings. The van der Waals surface area contributed by atoms with Gasteiger partial charge in [0.05, 0.1) is 10.9 Å². The standard InChI is InChI=1S/C31H34N2O3S/c34-37(35,33-23-12-5-2-6-13-23)24-18-19-29-28(20-24)25-15-9-16-26(25)31(32-29)27-14-7-8-17-30(27)36-21-22-10-3-1-4-11-22/h1,3-4,7-11,14-15,17-20,23,25-26,31-33H,2,5-6,12-13,16,21H2. The Balaban J connectivity index is 1.27. The second-order valence-corrected chi connectivity index (χ2v) is 12.2. The fourth-order valence-electron chi connectivity index (χ4n) is 6.16. The molecule has 192 valence electrons. The molecular weight excluding hydrogens is 480 g/mol. The maximum atomic E-state index is 13.2. The summed E-state index contributed by atoms with van der Waals surface area (Å²) < 4.78 is 35.7. The van der Waals surface area contributed by atoms with Gasteiger partial charge in [-0.15, -0.1) is 0 Å². The van der Waals surface area contributed by atoms with Gasteiger partial charge in [-0.05, 0) is 60.6 Å². The highest BCUT2D eigenvalue weighted by Gasteiger charge is 2.39. The number of allylic oxidation sites excluding steroid dienone is 2. The topological polar surface area (TPSA) is 67.4 Å².